The van der Waals surface area contributed by atoms with Gasteiger partial charge < -0.3 is 9.87 Å². The third kappa shape index (κ3) is 1.60. The predicted molar refractivity (Wildman–Crippen MR) is 52.2 cm³/mol. The molecule has 14 heavy (non-hydrogen) atoms. The lowest BCUT2D eigenvalue weighted by Gasteiger charge is -2.01. The summed E-state index contributed by atoms with van der Waals surface area (Å²) in [6.45, 7) is 0. The Morgan fingerprint density at radius 1 is 1.21 bits per heavy atom. The predicted octanol–water partition coefficient (Wildman–Crippen LogP) is 1.47. The molecule has 0 spiro atoms. The van der Waals surface area contributed by atoms with E-state index in [0.717, 1.165) is 10.9 Å². The van der Waals surface area contributed by atoms with Crippen LogP contribution in [0.25, 0.3) is 10.9 Å². The van der Waals surface area contributed by atoms with E-state index in [0.29, 0.717) is 5.75 Å². The van der Waals surface area contributed by atoms with E-state index in [9.17, 15) is 4.79 Å². The maximum absolute atomic E-state index is 11.0. The number of nitrogens with one attached hydrogen (secondary N) is 1. The smallest absolute Gasteiger partial charge is 0.248 e. The van der Waals surface area contributed by atoms with E-state index in [2.05, 4.69) is 9.87 Å². The fourth-order valence-corrected chi connectivity index (χ4v) is 1.28. The van der Waals surface area contributed by atoms with E-state index in [-0.39, 0.29) is 5.56 Å². The van der Waals surface area contributed by atoms with Crippen molar-refractivity contribution in [2.24, 2.45) is 0 Å². The van der Waals surface area contributed by atoms with Crippen molar-refractivity contribution >= 4 is 10.9 Å². The largest absolute Gasteiger partial charge is 0.338 e. The summed E-state index contributed by atoms with van der Waals surface area (Å²) >= 11 is 0. The van der Waals surface area contributed by atoms with E-state index in [1.54, 1.807) is 18.2 Å². The van der Waals surface area contributed by atoms with E-state index in [1.807, 2.05) is 6.07 Å². The zero-order valence-electron chi connectivity index (χ0n) is 7.61. The van der Waals surface area contributed by atoms with Gasteiger partial charge in [0.05, 0.1) is 12.6 Å². The van der Waals surface area contributed by atoms with Gasteiger partial charge in [0.2, 0.25) is 5.56 Å². The number of pyridine rings is 1. The Labute approximate surface area is 80.0 Å². The Kier molecular flexibility index (Phi) is 2.20. The minimum Gasteiger partial charge on any atom is -0.338 e. The van der Waals surface area contributed by atoms with Gasteiger partial charge in [0.15, 0.2) is 5.75 Å². The summed E-state index contributed by atoms with van der Waals surface area (Å²) in [6.07, 6.45) is 0. The van der Waals surface area contributed by atoms with Crippen LogP contribution in [0, 0.1) is 0 Å². The number of hydrogen-bond acceptors (Lipinski definition) is 3. The Morgan fingerprint density at radius 2 is 2.00 bits per heavy atom. The molecule has 72 valence electrons. The molecule has 0 amide bonds. The summed E-state index contributed by atoms with van der Waals surface area (Å²) in [5, 5.41) is 0.952. The average molecular weight is 191 g/mol. The standard InChI is InChI=1S/C10H9NO3/c1-13-14-8-4-2-7-3-5-10(12)11-9(7)6-8/h2-6H,1H3,(H,11,12). The monoisotopic (exact) mass is 191 g/mol. The Morgan fingerprint density at radius 3 is 2.79 bits per heavy atom. The number of H-pyrrole nitrogens is 1. The van der Waals surface area contributed by atoms with Gasteiger partial charge in [0, 0.05) is 12.1 Å². The molecule has 4 nitrogen and oxygen atoms in total. The molecule has 2 aromatic rings. The van der Waals surface area contributed by atoms with Crippen molar-refractivity contribution in [3.63, 3.8) is 0 Å². The molecule has 0 aliphatic heterocycles. The second-order valence-electron chi connectivity index (χ2n) is 2.82. The Balaban J connectivity index is 2.58. The number of benzene rings is 1. The van der Waals surface area contributed by atoms with Crippen LogP contribution < -0.4 is 10.4 Å². The lowest BCUT2D eigenvalue weighted by atomic mass is 10.2. The fourth-order valence-electron chi connectivity index (χ4n) is 1.28. The second kappa shape index (κ2) is 3.51. The third-order valence-corrected chi connectivity index (χ3v) is 1.88. The molecular weight excluding hydrogens is 182 g/mol. The maximum Gasteiger partial charge on any atom is 0.248 e. The van der Waals surface area contributed by atoms with Gasteiger partial charge in [-0.1, -0.05) is 0 Å². The molecule has 1 heterocycles. The van der Waals surface area contributed by atoms with Gasteiger partial charge in [0.1, 0.15) is 0 Å². The number of fused-ring (bicyclic) bond motifs is 1. The SMILES string of the molecule is COOc1ccc2ccc(=O)[nH]c2c1. The molecule has 0 saturated heterocycles. The van der Waals surface area contributed by atoms with Crippen LogP contribution in [-0.2, 0) is 4.89 Å². The van der Waals surface area contributed by atoms with Gasteiger partial charge in [-0.3, -0.25) is 4.79 Å². The molecule has 1 N–H and O–H groups in total. The van der Waals surface area contributed by atoms with E-state index < -0.39 is 0 Å². The van der Waals surface area contributed by atoms with Gasteiger partial charge in [0.25, 0.3) is 0 Å². The molecule has 0 bridgehead atoms. The average Bonchev–Trinajstić information content (AvgIpc) is 2.17. The highest BCUT2D eigenvalue weighted by molar-refractivity contribution is 5.79. The first kappa shape index (κ1) is 8.77. The quantitative estimate of drug-likeness (QED) is 0.577. The van der Waals surface area contributed by atoms with Crippen molar-refractivity contribution in [2.45, 2.75) is 0 Å². The van der Waals surface area contributed by atoms with Crippen molar-refractivity contribution < 1.29 is 9.78 Å². The van der Waals surface area contributed by atoms with E-state index in [1.165, 1.54) is 13.2 Å². The normalized spacial score (nSPS) is 10.4. The summed E-state index contributed by atoms with van der Waals surface area (Å²) in [5.41, 5.74) is 0.596. The molecule has 0 radical (unpaired) electrons. The van der Waals surface area contributed by atoms with E-state index in [4.69, 9.17) is 4.89 Å². The van der Waals surface area contributed by atoms with Crippen LogP contribution in [-0.4, -0.2) is 12.1 Å². The first-order chi connectivity index (χ1) is 6.79. The Hall–Kier alpha value is -1.81. The van der Waals surface area contributed by atoms with Crippen molar-refractivity contribution in [2.75, 3.05) is 7.11 Å². The van der Waals surface area contributed by atoms with Crippen LogP contribution in [0.3, 0.4) is 0 Å². The van der Waals surface area contributed by atoms with Crippen molar-refractivity contribution in [1.29, 1.82) is 0 Å². The highest BCUT2D eigenvalue weighted by Gasteiger charge is 1.97. The zero-order chi connectivity index (χ0) is 9.97. The molecule has 2 rings (SSSR count). The van der Waals surface area contributed by atoms with Crippen LogP contribution in [0.5, 0.6) is 5.75 Å². The molecule has 0 saturated carbocycles. The van der Waals surface area contributed by atoms with Gasteiger partial charge in [-0.15, -0.1) is 0 Å². The second-order valence-corrected chi connectivity index (χ2v) is 2.82. The highest BCUT2D eigenvalue weighted by Crippen LogP contribution is 2.17. The van der Waals surface area contributed by atoms with Gasteiger partial charge in [-0.2, -0.15) is 4.89 Å². The van der Waals surface area contributed by atoms with E-state index >= 15 is 0 Å². The number of aromatic amines is 1. The van der Waals surface area contributed by atoms with Crippen LogP contribution in [0.2, 0.25) is 0 Å². The first-order valence-corrected chi connectivity index (χ1v) is 4.13. The summed E-state index contributed by atoms with van der Waals surface area (Å²) in [5.74, 6) is 0.557. The molecular formula is C10H9NO3. The maximum atomic E-state index is 11.0. The highest BCUT2D eigenvalue weighted by atomic mass is 17.2. The molecule has 0 atom stereocenters. The fraction of sp³-hybridized carbons (Fsp3) is 0.100. The number of rotatable bonds is 2. The topological polar surface area (TPSA) is 51.3 Å². The van der Waals surface area contributed by atoms with Crippen LogP contribution in [0.15, 0.2) is 35.1 Å². The minimum atomic E-state index is -0.132. The van der Waals surface area contributed by atoms with Crippen LogP contribution >= 0.6 is 0 Å². The molecule has 0 aliphatic carbocycles. The van der Waals surface area contributed by atoms with Gasteiger partial charge in [-0.05, 0) is 23.6 Å². The molecule has 1 aromatic heterocycles. The minimum absolute atomic E-state index is 0.132. The summed E-state index contributed by atoms with van der Waals surface area (Å²) in [7, 11) is 1.43. The summed E-state index contributed by atoms with van der Waals surface area (Å²) in [6, 6.07) is 8.56. The zero-order valence-corrected chi connectivity index (χ0v) is 7.61. The van der Waals surface area contributed by atoms with Crippen molar-refractivity contribution in [3.05, 3.63) is 40.7 Å². The number of aromatic nitrogens is 1. The lowest BCUT2D eigenvalue weighted by Crippen LogP contribution is -2.02. The lowest BCUT2D eigenvalue weighted by molar-refractivity contribution is -0.178. The first-order valence-electron chi connectivity index (χ1n) is 4.13. The van der Waals surface area contributed by atoms with Crippen molar-refractivity contribution in [1.82, 2.24) is 4.98 Å². The molecule has 0 aliphatic rings. The molecule has 4 heteroatoms. The Bertz CT molecular complexity index is 504. The molecule has 0 fully saturated rings. The number of hydrogen-bond donors (Lipinski definition) is 1. The third-order valence-electron chi connectivity index (χ3n) is 1.88. The molecule has 0 unspecified atom stereocenters. The van der Waals surface area contributed by atoms with Crippen LogP contribution in [0.4, 0.5) is 0 Å². The van der Waals surface area contributed by atoms with Crippen LogP contribution in [0.1, 0.15) is 0 Å². The summed E-state index contributed by atoms with van der Waals surface area (Å²) in [4.78, 5) is 23.1. The van der Waals surface area contributed by atoms with Crippen molar-refractivity contribution in [3.8, 4) is 5.75 Å². The summed E-state index contributed by atoms with van der Waals surface area (Å²) < 4.78 is 0. The van der Waals surface area contributed by atoms with Gasteiger partial charge in [-0.25, -0.2) is 0 Å². The van der Waals surface area contributed by atoms with Gasteiger partial charge >= 0.3 is 0 Å². The molecule has 1 aromatic carbocycles.